The largest absolute Gasteiger partial charge is 0.394 e. The molecule has 1 aromatic heterocycles. The van der Waals surface area contributed by atoms with Crippen LogP contribution in [0, 0.1) is 6.92 Å². The number of aromatic nitrogens is 1. The van der Waals surface area contributed by atoms with E-state index in [0.29, 0.717) is 6.54 Å². The molecule has 1 aromatic rings. The number of rotatable bonds is 6. The Morgan fingerprint density at radius 3 is 2.38 bits per heavy atom. The highest BCUT2D eigenvalue weighted by Gasteiger charge is 2.27. The molecule has 0 radical (unpaired) electrons. The van der Waals surface area contributed by atoms with Crippen molar-refractivity contribution in [2.45, 2.75) is 19.0 Å². The van der Waals surface area contributed by atoms with E-state index in [9.17, 15) is 0 Å². The fourth-order valence-corrected chi connectivity index (χ4v) is 1.28. The summed E-state index contributed by atoms with van der Waals surface area (Å²) in [5.41, 5.74) is 1.01. The van der Waals surface area contributed by atoms with Gasteiger partial charge in [0.2, 0.25) is 0 Å². The summed E-state index contributed by atoms with van der Waals surface area (Å²) >= 11 is 0. The number of aliphatic hydroxyl groups excluding tert-OH is 3. The number of nitrogens with one attached hydrogen (secondary N) is 1. The molecular formula is C11H18N2O3. The summed E-state index contributed by atoms with van der Waals surface area (Å²) in [6.07, 6.45) is 3.43. The molecule has 0 aromatic carbocycles. The van der Waals surface area contributed by atoms with Crippen LogP contribution in [0.4, 0.5) is 0 Å². The topological polar surface area (TPSA) is 85.6 Å². The average Bonchev–Trinajstić information content (AvgIpc) is 2.34. The molecule has 0 aliphatic heterocycles. The predicted molar refractivity (Wildman–Crippen MR) is 59.8 cm³/mol. The molecule has 90 valence electrons. The zero-order valence-corrected chi connectivity index (χ0v) is 9.35. The fourth-order valence-electron chi connectivity index (χ4n) is 1.28. The van der Waals surface area contributed by atoms with E-state index in [0.717, 1.165) is 11.1 Å². The van der Waals surface area contributed by atoms with Gasteiger partial charge in [-0.15, -0.1) is 0 Å². The predicted octanol–water partition coefficient (Wildman–Crippen LogP) is -0.805. The summed E-state index contributed by atoms with van der Waals surface area (Å²) in [6, 6.07) is 1.88. The van der Waals surface area contributed by atoms with Crippen LogP contribution in [-0.2, 0) is 6.54 Å². The number of aliphatic hydroxyl groups is 3. The van der Waals surface area contributed by atoms with Crippen molar-refractivity contribution in [3.63, 3.8) is 0 Å². The highest BCUT2D eigenvalue weighted by Crippen LogP contribution is 2.08. The van der Waals surface area contributed by atoms with Gasteiger partial charge in [0.05, 0.1) is 25.4 Å². The van der Waals surface area contributed by atoms with Gasteiger partial charge in [0, 0.05) is 18.9 Å². The maximum absolute atomic E-state index is 9.13. The summed E-state index contributed by atoms with van der Waals surface area (Å²) in [4.78, 5) is 4.00. The number of aryl methyl sites for hydroxylation is 1. The van der Waals surface area contributed by atoms with Crippen molar-refractivity contribution in [1.82, 2.24) is 10.3 Å². The third-order valence-corrected chi connectivity index (χ3v) is 2.71. The Labute approximate surface area is 94.8 Å². The Balaban J connectivity index is 2.66. The molecule has 0 aliphatic carbocycles. The van der Waals surface area contributed by atoms with Gasteiger partial charge in [-0.25, -0.2) is 0 Å². The van der Waals surface area contributed by atoms with Crippen molar-refractivity contribution in [2.75, 3.05) is 19.8 Å². The molecule has 0 saturated carbocycles. The molecule has 1 rings (SSSR count). The lowest BCUT2D eigenvalue weighted by molar-refractivity contribution is 0.0413. The van der Waals surface area contributed by atoms with Gasteiger partial charge < -0.3 is 20.6 Å². The lowest BCUT2D eigenvalue weighted by Crippen LogP contribution is -2.54. The Kier molecular flexibility index (Phi) is 4.82. The van der Waals surface area contributed by atoms with Crippen LogP contribution in [0.2, 0.25) is 0 Å². The Morgan fingerprint density at radius 1 is 1.25 bits per heavy atom. The molecule has 0 aliphatic rings. The average molecular weight is 226 g/mol. The molecule has 5 heteroatoms. The molecule has 0 fully saturated rings. The Hall–Kier alpha value is -1.01. The van der Waals surface area contributed by atoms with Crippen LogP contribution >= 0.6 is 0 Å². The van der Waals surface area contributed by atoms with E-state index in [1.54, 1.807) is 12.4 Å². The van der Waals surface area contributed by atoms with Crippen molar-refractivity contribution in [3.8, 4) is 0 Å². The Bertz CT molecular complexity index is 318. The van der Waals surface area contributed by atoms with E-state index >= 15 is 0 Å². The molecule has 0 atom stereocenters. The minimum Gasteiger partial charge on any atom is -0.394 e. The molecule has 4 N–H and O–H groups in total. The molecule has 1 heterocycles. The maximum Gasteiger partial charge on any atom is 0.0884 e. The van der Waals surface area contributed by atoms with Gasteiger partial charge >= 0.3 is 0 Å². The zero-order chi connectivity index (χ0) is 12.0. The molecule has 0 amide bonds. The highest BCUT2D eigenvalue weighted by molar-refractivity contribution is 5.21. The number of nitrogens with zero attached hydrogens (tertiary/aromatic N) is 1. The fraction of sp³-hybridized carbons (Fsp3) is 0.545. The van der Waals surface area contributed by atoms with Crippen molar-refractivity contribution in [3.05, 3.63) is 29.6 Å². The van der Waals surface area contributed by atoms with Crippen molar-refractivity contribution in [1.29, 1.82) is 0 Å². The van der Waals surface area contributed by atoms with E-state index in [-0.39, 0.29) is 19.8 Å². The minimum absolute atomic E-state index is 0.320. The van der Waals surface area contributed by atoms with Crippen LogP contribution in [-0.4, -0.2) is 45.7 Å². The van der Waals surface area contributed by atoms with Gasteiger partial charge in [0.25, 0.3) is 0 Å². The van der Waals surface area contributed by atoms with Crippen LogP contribution in [0.15, 0.2) is 18.5 Å². The molecule has 0 spiro atoms. The summed E-state index contributed by atoms with van der Waals surface area (Å²) in [6.45, 7) is 1.44. The monoisotopic (exact) mass is 226 g/mol. The quantitative estimate of drug-likeness (QED) is 0.510. The normalized spacial score (nSPS) is 11.8. The smallest absolute Gasteiger partial charge is 0.0884 e. The third kappa shape index (κ3) is 2.99. The maximum atomic E-state index is 9.13. The number of hydrogen-bond donors (Lipinski definition) is 4. The lowest BCUT2D eigenvalue weighted by Gasteiger charge is -2.29. The molecule has 16 heavy (non-hydrogen) atoms. The second-order valence-electron chi connectivity index (χ2n) is 3.91. The molecular weight excluding hydrogens is 208 g/mol. The first-order chi connectivity index (χ1) is 7.67. The van der Waals surface area contributed by atoms with Crippen LogP contribution in [0.1, 0.15) is 11.1 Å². The van der Waals surface area contributed by atoms with Gasteiger partial charge in [-0.1, -0.05) is 0 Å². The summed E-state index contributed by atoms with van der Waals surface area (Å²) in [7, 11) is 0. The Morgan fingerprint density at radius 2 is 1.88 bits per heavy atom. The van der Waals surface area contributed by atoms with Gasteiger partial charge in [-0.05, 0) is 24.1 Å². The van der Waals surface area contributed by atoms with E-state index in [1.807, 2.05) is 13.0 Å². The van der Waals surface area contributed by atoms with Gasteiger partial charge in [0.1, 0.15) is 0 Å². The second kappa shape index (κ2) is 5.91. The summed E-state index contributed by atoms with van der Waals surface area (Å²) < 4.78 is 0. The van der Waals surface area contributed by atoms with E-state index in [1.165, 1.54) is 0 Å². The SMILES string of the molecule is Cc1ccncc1CNC(CO)(CO)CO. The van der Waals surface area contributed by atoms with Crippen LogP contribution in [0.3, 0.4) is 0 Å². The van der Waals surface area contributed by atoms with Gasteiger partial charge in [-0.2, -0.15) is 0 Å². The standard InChI is InChI=1S/C11H18N2O3/c1-9-2-3-12-4-10(9)5-13-11(6-14,7-15)8-16/h2-4,13-16H,5-8H2,1H3. The van der Waals surface area contributed by atoms with E-state index < -0.39 is 5.54 Å². The first kappa shape index (κ1) is 13.1. The van der Waals surface area contributed by atoms with Crippen LogP contribution in [0.5, 0.6) is 0 Å². The minimum atomic E-state index is -1.04. The van der Waals surface area contributed by atoms with Crippen molar-refractivity contribution in [2.24, 2.45) is 0 Å². The number of hydrogen-bond acceptors (Lipinski definition) is 5. The number of pyridine rings is 1. The van der Waals surface area contributed by atoms with E-state index in [2.05, 4.69) is 10.3 Å². The molecule has 0 bridgehead atoms. The van der Waals surface area contributed by atoms with Crippen LogP contribution in [0.25, 0.3) is 0 Å². The van der Waals surface area contributed by atoms with Gasteiger partial charge in [-0.3, -0.25) is 4.98 Å². The zero-order valence-electron chi connectivity index (χ0n) is 9.35. The van der Waals surface area contributed by atoms with Gasteiger partial charge in [0.15, 0.2) is 0 Å². The van der Waals surface area contributed by atoms with Crippen molar-refractivity contribution < 1.29 is 15.3 Å². The lowest BCUT2D eigenvalue weighted by atomic mass is 10.0. The molecule has 5 nitrogen and oxygen atoms in total. The van der Waals surface area contributed by atoms with E-state index in [4.69, 9.17) is 15.3 Å². The first-order valence-electron chi connectivity index (χ1n) is 5.14. The third-order valence-electron chi connectivity index (χ3n) is 2.71. The molecule has 0 saturated heterocycles. The summed E-state index contributed by atoms with van der Waals surface area (Å²) in [5, 5.41) is 30.3. The summed E-state index contributed by atoms with van der Waals surface area (Å²) in [5.74, 6) is 0. The van der Waals surface area contributed by atoms with Crippen molar-refractivity contribution >= 4 is 0 Å². The second-order valence-corrected chi connectivity index (χ2v) is 3.91. The highest BCUT2D eigenvalue weighted by atomic mass is 16.3. The first-order valence-corrected chi connectivity index (χ1v) is 5.14. The van der Waals surface area contributed by atoms with Crippen LogP contribution < -0.4 is 5.32 Å². The molecule has 0 unspecified atom stereocenters.